The van der Waals surface area contributed by atoms with Crippen molar-refractivity contribution in [2.24, 2.45) is 5.41 Å². The molecule has 0 saturated carbocycles. The lowest BCUT2D eigenvalue weighted by Crippen LogP contribution is -2.34. The fraction of sp³-hybridized carbons (Fsp3) is 0.429. The van der Waals surface area contributed by atoms with Crippen LogP contribution in [0.2, 0.25) is 0 Å². The van der Waals surface area contributed by atoms with E-state index in [9.17, 15) is 9.59 Å². The number of hydrogen-bond donors (Lipinski definition) is 0. The minimum absolute atomic E-state index is 0.00569. The van der Waals surface area contributed by atoms with Crippen LogP contribution in [0.15, 0.2) is 18.2 Å². The van der Waals surface area contributed by atoms with Crippen LogP contribution in [0.25, 0.3) is 0 Å². The largest absolute Gasteiger partial charge is 0.299 e. The Morgan fingerprint density at radius 2 is 2.12 bits per heavy atom. The van der Waals surface area contributed by atoms with Crippen molar-refractivity contribution >= 4 is 11.6 Å². The first-order valence-electron chi connectivity index (χ1n) is 5.66. The van der Waals surface area contributed by atoms with Crippen molar-refractivity contribution in [2.45, 2.75) is 33.6 Å². The number of rotatable bonds is 2. The Balaban J connectivity index is 2.55. The number of Topliss-reactive ketones (excluding diaryl/α,β-unsaturated/α-hetero) is 2. The molecular formula is C14H16O2. The SMILES string of the molecule is CCC1(C(C)=O)Cc2cc(C)ccc2C1=O. The quantitative estimate of drug-likeness (QED) is 0.712. The van der Waals surface area contributed by atoms with E-state index in [4.69, 9.17) is 0 Å². The van der Waals surface area contributed by atoms with Gasteiger partial charge in [0.05, 0.1) is 5.41 Å². The molecule has 1 unspecified atom stereocenters. The molecular weight excluding hydrogens is 200 g/mol. The standard InChI is InChI=1S/C14H16O2/c1-4-14(10(3)15)8-11-7-9(2)5-6-12(11)13(14)16/h5-7H,4,8H2,1-3H3. The van der Waals surface area contributed by atoms with Gasteiger partial charge >= 0.3 is 0 Å². The van der Waals surface area contributed by atoms with Gasteiger partial charge < -0.3 is 0 Å². The number of ketones is 2. The molecule has 0 spiro atoms. The molecule has 0 fully saturated rings. The second kappa shape index (κ2) is 3.55. The summed E-state index contributed by atoms with van der Waals surface area (Å²) >= 11 is 0. The summed E-state index contributed by atoms with van der Waals surface area (Å²) in [6.45, 7) is 5.45. The fourth-order valence-electron chi connectivity index (χ4n) is 2.57. The Hall–Kier alpha value is -1.44. The molecule has 0 saturated heterocycles. The summed E-state index contributed by atoms with van der Waals surface area (Å²) in [6.07, 6.45) is 1.17. The van der Waals surface area contributed by atoms with E-state index in [1.54, 1.807) is 0 Å². The van der Waals surface area contributed by atoms with Gasteiger partial charge in [0, 0.05) is 5.56 Å². The average molecular weight is 216 g/mol. The predicted molar refractivity (Wildman–Crippen MR) is 62.6 cm³/mol. The van der Waals surface area contributed by atoms with E-state index in [2.05, 4.69) is 0 Å². The van der Waals surface area contributed by atoms with Crippen molar-refractivity contribution in [2.75, 3.05) is 0 Å². The van der Waals surface area contributed by atoms with Crippen LogP contribution in [0.3, 0.4) is 0 Å². The summed E-state index contributed by atoms with van der Waals surface area (Å²) < 4.78 is 0. The fourth-order valence-corrected chi connectivity index (χ4v) is 2.57. The highest BCUT2D eigenvalue weighted by molar-refractivity contribution is 6.17. The summed E-state index contributed by atoms with van der Waals surface area (Å²) in [5.41, 5.74) is 2.13. The molecule has 1 atom stereocenters. The Bertz CT molecular complexity index is 474. The summed E-state index contributed by atoms with van der Waals surface area (Å²) in [5, 5.41) is 0. The molecule has 2 heteroatoms. The number of hydrogen-bond acceptors (Lipinski definition) is 2. The molecule has 1 aromatic rings. The van der Waals surface area contributed by atoms with Crippen LogP contribution >= 0.6 is 0 Å². The van der Waals surface area contributed by atoms with Crippen LogP contribution in [0.4, 0.5) is 0 Å². The van der Waals surface area contributed by atoms with Crippen LogP contribution in [0.5, 0.6) is 0 Å². The van der Waals surface area contributed by atoms with E-state index in [0.717, 1.165) is 16.7 Å². The molecule has 0 radical (unpaired) electrons. The molecule has 0 aromatic heterocycles. The normalized spacial score (nSPS) is 23.3. The molecule has 0 heterocycles. The second-order valence-corrected chi connectivity index (χ2v) is 4.66. The second-order valence-electron chi connectivity index (χ2n) is 4.66. The molecule has 84 valence electrons. The number of carbonyl (C=O) groups excluding carboxylic acids is 2. The van der Waals surface area contributed by atoms with E-state index >= 15 is 0 Å². The van der Waals surface area contributed by atoms with Crippen molar-refractivity contribution in [3.8, 4) is 0 Å². The summed E-state index contributed by atoms with van der Waals surface area (Å²) in [7, 11) is 0. The lowest BCUT2D eigenvalue weighted by molar-refractivity contribution is -0.124. The molecule has 16 heavy (non-hydrogen) atoms. The van der Waals surface area contributed by atoms with Gasteiger partial charge in [0.15, 0.2) is 5.78 Å². The van der Waals surface area contributed by atoms with Crippen LogP contribution in [0.1, 0.15) is 41.8 Å². The highest BCUT2D eigenvalue weighted by atomic mass is 16.2. The summed E-state index contributed by atoms with van der Waals surface area (Å²) in [6, 6.07) is 5.81. The van der Waals surface area contributed by atoms with Crippen molar-refractivity contribution < 1.29 is 9.59 Å². The maximum Gasteiger partial charge on any atom is 0.176 e. The zero-order chi connectivity index (χ0) is 11.9. The van der Waals surface area contributed by atoms with Gasteiger partial charge in [-0.05, 0) is 32.3 Å². The van der Waals surface area contributed by atoms with Gasteiger partial charge in [0.2, 0.25) is 0 Å². The van der Waals surface area contributed by atoms with Crippen LogP contribution < -0.4 is 0 Å². The highest BCUT2D eigenvalue weighted by Crippen LogP contribution is 2.40. The van der Waals surface area contributed by atoms with Crippen LogP contribution in [-0.4, -0.2) is 11.6 Å². The number of carbonyl (C=O) groups is 2. The van der Waals surface area contributed by atoms with Gasteiger partial charge in [-0.3, -0.25) is 9.59 Å². The number of aryl methyl sites for hydroxylation is 1. The molecule has 1 aliphatic carbocycles. The lowest BCUT2D eigenvalue weighted by Gasteiger charge is -2.21. The van der Waals surface area contributed by atoms with E-state index in [-0.39, 0.29) is 11.6 Å². The minimum atomic E-state index is -0.782. The lowest BCUT2D eigenvalue weighted by atomic mass is 9.78. The third-order valence-corrected chi connectivity index (χ3v) is 3.71. The first kappa shape index (κ1) is 11.1. The Morgan fingerprint density at radius 3 is 2.69 bits per heavy atom. The Labute approximate surface area is 95.7 Å². The average Bonchev–Trinajstić information content (AvgIpc) is 2.52. The first-order valence-corrected chi connectivity index (χ1v) is 5.66. The van der Waals surface area contributed by atoms with Gasteiger partial charge in [-0.2, -0.15) is 0 Å². The molecule has 0 aliphatic heterocycles. The summed E-state index contributed by atoms with van der Waals surface area (Å²) in [4.78, 5) is 24.0. The number of fused-ring (bicyclic) bond motifs is 1. The smallest absolute Gasteiger partial charge is 0.176 e. The van der Waals surface area contributed by atoms with Crippen molar-refractivity contribution in [3.05, 3.63) is 34.9 Å². The zero-order valence-electron chi connectivity index (χ0n) is 9.96. The zero-order valence-corrected chi connectivity index (χ0v) is 9.96. The summed E-state index contributed by atoms with van der Waals surface area (Å²) in [5.74, 6) is 0.00588. The highest BCUT2D eigenvalue weighted by Gasteiger charge is 2.47. The van der Waals surface area contributed by atoms with Crippen LogP contribution in [-0.2, 0) is 11.2 Å². The molecule has 0 amide bonds. The molecule has 0 N–H and O–H groups in total. The monoisotopic (exact) mass is 216 g/mol. The van der Waals surface area contributed by atoms with Gasteiger partial charge in [-0.15, -0.1) is 0 Å². The topological polar surface area (TPSA) is 34.1 Å². The third kappa shape index (κ3) is 1.33. The van der Waals surface area contributed by atoms with E-state index < -0.39 is 5.41 Å². The van der Waals surface area contributed by atoms with Crippen molar-refractivity contribution in [1.29, 1.82) is 0 Å². The molecule has 1 aromatic carbocycles. The van der Waals surface area contributed by atoms with E-state index in [0.29, 0.717) is 12.8 Å². The predicted octanol–water partition coefficient (Wildman–Crippen LogP) is 2.72. The maximum atomic E-state index is 12.3. The van der Waals surface area contributed by atoms with Gasteiger partial charge in [0.1, 0.15) is 5.78 Å². The molecule has 2 nitrogen and oxygen atoms in total. The third-order valence-electron chi connectivity index (χ3n) is 3.71. The van der Waals surface area contributed by atoms with Crippen LogP contribution in [0, 0.1) is 12.3 Å². The Morgan fingerprint density at radius 1 is 1.44 bits per heavy atom. The van der Waals surface area contributed by atoms with Gasteiger partial charge in [0.25, 0.3) is 0 Å². The van der Waals surface area contributed by atoms with E-state index in [1.165, 1.54) is 6.92 Å². The molecule has 0 bridgehead atoms. The first-order chi connectivity index (χ1) is 7.51. The maximum absolute atomic E-state index is 12.3. The molecule has 2 rings (SSSR count). The minimum Gasteiger partial charge on any atom is -0.299 e. The van der Waals surface area contributed by atoms with Gasteiger partial charge in [-0.25, -0.2) is 0 Å². The Kier molecular flexibility index (Phi) is 2.45. The van der Waals surface area contributed by atoms with Crippen molar-refractivity contribution in [1.82, 2.24) is 0 Å². The van der Waals surface area contributed by atoms with Gasteiger partial charge in [-0.1, -0.05) is 30.7 Å². The van der Waals surface area contributed by atoms with Crippen molar-refractivity contribution in [3.63, 3.8) is 0 Å². The van der Waals surface area contributed by atoms with E-state index in [1.807, 2.05) is 32.0 Å². The molecule has 1 aliphatic rings. The number of benzene rings is 1.